The van der Waals surface area contributed by atoms with Crippen LogP contribution in [0, 0.1) is 11.6 Å². The largest absolute Gasteiger partial charge is 0.468 e. The molecule has 3 rings (SSSR count). The molecule has 2 atom stereocenters. The molecule has 0 saturated heterocycles. The Morgan fingerprint density at radius 3 is 1.92 bits per heavy atom. The summed E-state index contributed by atoms with van der Waals surface area (Å²) in [5, 5.41) is 0. The molecule has 0 bridgehead atoms. The van der Waals surface area contributed by atoms with Crippen molar-refractivity contribution >= 4 is 23.9 Å². The van der Waals surface area contributed by atoms with Crippen LogP contribution in [0.1, 0.15) is 22.3 Å². The molecule has 0 saturated carbocycles. The number of halogens is 5. The number of methoxy groups -OCH3 is 1. The number of ether oxygens (including phenoxy) is 1. The van der Waals surface area contributed by atoms with Gasteiger partial charge in [-0.2, -0.15) is 13.2 Å². The molecule has 194 valence electrons. The number of benzene rings is 3. The number of nitrogens with zero attached hydrogens (tertiary/aromatic N) is 1. The van der Waals surface area contributed by atoms with Gasteiger partial charge in [0.05, 0.1) is 23.9 Å². The van der Waals surface area contributed by atoms with Crippen molar-refractivity contribution in [1.29, 1.82) is 0 Å². The minimum absolute atomic E-state index is 0.0244. The van der Waals surface area contributed by atoms with Crippen LogP contribution in [0.15, 0.2) is 71.7 Å². The van der Waals surface area contributed by atoms with E-state index in [2.05, 4.69) is 4.99 Å². The van der Waals surface area contributed by atoms with Gasteiger partial charge in [-0.1, -0.05) is 30.3 Å². The van der Waals surface area contributed by atoms with Crippen molar-refractivity contribution in [3.8, 4) is 0 Å². The number of rotatable bonds is 7. The number of aldehydes is 1. The summed E-state index contributed by atoms with van der Waals surface area (Å²) in [6, 6.07) is 11.2. The lowest BCUT2D eigenvalue weighted by Crippen LogP contribution is -2.62. The van der Waals surface area contributed by atoms with Crippen molar-refractivity contribution in [2.75, 3.05) is 7.11 Å². The molecule has 7 nitrogen and oxygen atoms in total. The predicted molar refractivity (Wildman–Crippen MR) is 124 cm³/mol. The second kappa shape index (κ2) is 9.97. The molecule has 0 aliphatic heterocycles. The summed E-state index contributed by atoms with van der Waals surface area (Å²) >= 11 is 0. The first-order valence-electron chi connectivity index (χ1n) is 10.5. The van der Waals surface area contributed by atoms with E-state index < -0.39 is 63.1 Å². The third-order valence-electron chi connectivity index (χ3n) is 5.81. The lowest BCUT2D eigenvalue weighted by atomic mass is 9.60. The molecule has 3 aromatic carbocycles. The van der Waals surface area contributed by atoms with Crippen molar-refractivity contribution in [1.82, 2.24) is 0 Å². The lowest BCUT2D eigenvalue weighted by Gasteiger charge is -2.44. The Morgan fingerprint density at radius 1 is 0.865 bits per heavy atom. The minimum atomic E-state index is -4.98. The Kier molecular flexibility index (Phi) is 7.35. The van der Waals surface area contributed by atoms with Crippen molar-refractivity contribution in [3.05, 3.63) is 101 Å². The van der Waals surface area contributed by atoms with E-state index in [0.717, 1.165) is 25.3 Å². The van der Waals surface area contributed by atoms with E-state index >= 15 is 0 Å². The maximum atomic E-state index is 14.4. The first-order chi connectivity index (χ1) is 17.3. The molecule has 3 aromatic rings. The maximum absolute atomic E-state index is 14.4. The molecule has 0 spiro atoms. The SMILES string of the molecule is COC(=O)C(C=O)(c1cc(N=C(N)N)cc(C(F)(F)F)c1)C(N)(c1ccccc1)c1cc(F)cc(F)c1. The number of guanidine groups is 1. The third-order valence-corrected chi connectivity index (χ3v) is 5.81. The lowest BCUT2D eigenvalue weighted by molar-refractivity contribution is -0.152. The van der Waals surface area contributed by atoms with Gasteiger partial charge in [0.1, 0.15) is 17.9 Å². The van der Waals surface area contributed by atoms with E-state index in [1.165, 1.54) is 24.3 Å². The minimum Gasteiger partial charge on any atom is -0.468 e. The molecule has 37 heavy (non-hydrogen) atoms. The highest BCUT2D eigenvalue weighted by Gasteiger charge is 2.59. The van der Waals surface area contributed by atoms with Gasteiger partial charge in [0.25, 0.3) is 0 Å². The molecule has 2 unspecified atom stereocenters. The molecule has 6 N–H and O–H groups in total. The molecule has 0 aliphatic carbocycles. The maximum Gasteiger partial charge on any atom is 0.416 e. The summed E-state index contributed by atoms with van der Waals surface area (Å²) in [6.07, 6.45) is -5.01. The van der Waals surface area contributed by atoms with Crippen LogP contribution in [-0.2, 0) is 31.5 Å². The number of esters is 1. The van der Waals surface area contributed by atoms with E-state index in [9.17, 15) is 31.5 Å². The van der Waals surface area contributed by atoms with Crippen molar-refractivity contribution in [3.63, 3.8) is 0 Å². The first-order valence-corrected chi connectivity index (χ1v) is 10.5. The fourth-order valence-electron chi connectivity index (χ4n) is 4.20. The number of hydrogen-bond donors (Lipinski definition) is 3. The quantitative estimate of drug-likeness (QED) is 0.109. The third kappa shape index (κ3) is 4.87. The van der Waals surface area contributed by atoms with E-state index in [1.54, 1.807) is 6.07 Å². The summed E-state index contributed by atoms with van der Waals surface area (Å²) in [5.41, 5.74) is 9.20. The van der Waals surface area contributed by atoms with Crippen molar-refractivity contribution in [2.45, 2.75) is 17.1 Å². The second-order valence-corrected chi connectivity index (χ2v) is 8.05. The van der Waals surface area contributed by atoms with Gasteiger partial charge in [0.15, 0.2) is 11.4 Å². The van der Waals surface area contributed by atoms with E-state index in [4.69, 9.17) is 21.9 Å². The van der Waals surface area contributed by atoms with Gasteiger partial charge >= 0.3 is 12.1 Å². The molecule has 0 fully saturated rings. The smallest absolute Gasteiger partial charge is 0.416 e. The monoisotopic (exact) mass is 520 g/mol. The van der Waals surface area contributed by atoms with Gasteiger partial charge in [0, 0.05) is 6.07 Å². The Balaban J connectivity index is 2.58. The predicted octanol–water partition coefficient (Wildman–Crippen LogP) is 3.40. The Hall–Kier alpha value is -4.32. The average Bonchev–Trinajstić information content (AvgIpc) is 2.83. The molecule has 0 radical (unpaired) electrons. The van der Waals surface area contributed by atoms with Gasteiger partial charge < -0.3 is 26.7 Å². The van der Waals surface area contributed by atoms with Crippen LogP contribution < -0.4 is 17.2 Å². The van der Waals surface area contributed by atoms with Gasteiger partial charge in [-0.25, -0.2) is 13.8 Å². The van der Waals surface area contributed by atoms with Gasteiger partial charge in [-0.3, -0.25) is 4.79 Å². The van der Waals surface area contributed by atoms with Crippen molar-refractivity contribution < 1.29 is 36.3 Å². The molecular weight excluding hydrogens is 499 g/mol. The van der Waals surface area contributed by atoms with Crippen LogP contribution >= 0.6 is 0 Å². The van der Waals surface area contributed by atoms with Crippen LogP contribution in [0.3, 0.4) is 0 Å². The second-order valence-electron chi connectivity index (χ2n) is 8.05. The number of hydrogen-bond acceptors (Lipinski definition) is 5. The zero-order valence-corrected chi connectivity index (χ0v) is 19.2. The molecule has 0 heterocycles. The summed E-state index contributed by atoms with van der Waals surface area (Å²) in [4.78, 5) is 30.0. The Labute approximate surface area is 207 Å². The van der Waals surface area contributed by atoms with Crippen LogP contribution in [0.5, 0.6) is 0 Å². The highest BCUT2D eigenvalue weighted by molar-refractivity contribution is 6.03. The standard InChI is InChI=1S/C25H21F5N4O3/c1-37-21(36)23(13-35,15-7-17(25(28,29)30)11-20(10-15)34-22(31)32)24(33,14-5-3-2-4-6-14)16-8-18(26)12-19(27)9-16/h2-13H,33H2,1H3,(H4,31,32,34). The molecular formula is C25H21F5N4O3. The van der Waals surface area contributed by atoms with Crippen LogP contribution in [0.2, 0.25) is 0 Å². The number of carbonyl (C=O) groups excluding carboxylic acids is 2. The van der Waals surface area contributed by atoms with Crippen LogP contribution in [-0.4, -0.2) is 25.3 Å². The first kappa shape index (κ1) is 27.3. The average molecular weight is 520 g/mol. The van der Waals surface area contributed by atoms with Crippen LogP contribution in [0.25, 0.3) is 0 Å². The highest BCUT2D eigenvalue weighted by atomic mass is 19.4. The number of nitrogens with two attached hydrogens (primary N) is 3. The van der Waals surface area contributed by atoms with Gasteiger partial charge in [-0.05, 0) is 47.0 Å². The van der Waals surface area contributed by atoms with Gasteiger partial charge in [-0.15, -0.1) is 0 Å². The van der Waals surface area contributed by atoms with E-state index in [0.29, 0.717) is 18.2 Å². The van der Waals surface area contributed by atoms with E-state index in [-0.39, 0.29) is 11.8 Å². The molecule has 12 heteroatoms. The zero-order valence-electron chi connectivity index (χ0n) is 19.2. The fourth-order valence-corrected chi connectivity index (χ4v) is 4.20. The van der Waals surface area contributed by atoms with E-state index in [1.807, 2.05) is 0 Å². The Morgan fingerprint density at radius 2 is 1.43 bits per heavy atom. The van der Waals surface area contributed by atoms with Crippen LogP contribution in [0.4, 0.5) is 27.6 Å². The summed E-state index contributed by atoms with van der Waals surface area (Å²) in [7, 11) is 0.878. The topological polar surface area (TPSA) is 134 Å². The fraction of sp³-hybridized carbons (Fsp3) is 0.160. The zero-order chi connectivity index (χ0) is 27.6. The molecule has 0 amide bonds. The highest BCUT2D eigenvalue weighted by Crippen LogP contribution is 2.47. The number of carbonyl (C=O) groups is 2. The number of aliphatic imine (C=N–C) groups is 1. The summed E-state index contributed by atoms with van der Waals surface area (Å²) in [5.74, 6) is -4.26. The normalized spacial score (nSPS) is 14.7. The number of alkyl halides is 3. The molecule has 0 aliphatic rings. The summed E-state index contributed by atoms with van der Waals surface area (Å²) < 4.78 is 75.2. The summed E-state index contributed by atoms with van der Waals surface area (Å²) in [6.45, 7) is 0. The molecule has 0 aromatic heterocycles. The van der Waals surface area contributed by atoms with Crippen molar-refractivity contribution in [2.24, 2.45) is 22.2 Å². The Bertz CT molecular complexity index is 1340. The van der Waals surface area contributed by atoms with Gasteiger partial charge in [0.2, 0.25) is 0 Å².